The van der Waals surface area contributed by atoms with Crippen LogP contribution in [0.3, 0.4) is 0 Å². The van der Waals surface area contributed by atoms with Crippen molar-refractivity contribution < 1.29 is 0 Å². The Morgan fingerprint density at radius 2 is 1.90 bits per heavy atom. The van der Waals surface area contributed by atoms with Crippen molar-refractivity contribution in [2.24, 2.45) is 11.8 Å². The standard InChI is InChI=1S/C18H30N2/c1-14(2)10-19-11-17-7-5-6-8-18(17)13-20-12-15(3)9-16(20)4/h5-8,14-16,19H,9-13H2,1-4H3. The first-order valence-electron chi connectivity index (χ1n) is 8.07. The molecule has 1 aromatic rings. The van der Waals surface area contributed by atoms with Crippen LogP contribution in [0.5, 0.6) is 0 Å². The summed E-state index contributed by atoms with van der Waals surface area (Å²) < 4.78 is 0. The molecule has 0 amide bonds. The molecule has 1 aliphatic heterocycles. The molecule has 0 saturated carbocycles. The maximum Gasteiger partial charge on any atom is 0.0239 e. The first-order valence-corrected chi connectivity index (χ1v) is 8.07. The number of likely N-dealkylation sites (tertiary alicyclic amines) is 1. The summed E-state index contributed by atoms with van der Waals surface area (Å²) in [4.78, 5) is 2.63. The zero-order valence-corrected chi connectivity index (χ0v) is 13.5. The average Bonchev–Trinajstić information content (AvgIpc) is 2.69. The van der Waals surface area contributed by atoms with Gasteiger partial charge in [-0.15, -0.1) is 0 Å². The third-order valence-corrected chi connectivity index (χ3v) is 4.27. The monoisotopic (exact) mass is 274 g/mol. The number of nitrogens with zero attached hydrogens (tertiary/aromatic N) is 1. The smallest absolute Gasteiger partial charge is 0.0239 e. The van der Waals surface area contributed by atoms with E-state index in [2.05, 4.69) is 62.2 Å². The third-order valence-electron chi connectivity index (χ3n) is 4.27. The fourth-order valence-corrected chi connectivity index (χ4v) is 3.21. The summed E-state index contributed by atoms with van der Waals surface area (Å²) in [6, 6.07) is 9.62. The topological polar surface area (TPSA) is 15.3 Å². The van der Waals surface area contributed by atoms with E-state index < -0.39 is 0 Å². The van der Waals surface area contributed by atoms with Crippen LogP contribution >= 0.6 is 0 Å². The van der Waals surface area contributed by atoms with Gasteiger partial charge in [-0.3, -0.25) is 4.90 Å². The molecule has 2 nitrogen and oxygen atoms in total. The molecule has 0 spiro atoms. The summed E-state index contributed by atoms with van der Waals surface area (Å²) >= 11 is 0. The van der Waals surface area contributed by atoms with Crippen LogP contribution in [-0.2, 0) is 13.1 Å². The number of nitrogens with one attached hydrogen (secondary N) is 1. The summed E-state index contributed by atoms with van der Waals surface area (Å²) in [5, 5.41) is 3.57. The molecule has 1 aromatic carbocycles. The second kappa shape index (κ2) is 7.24. The first-order chi connectivity index (χ1) is 9.56. The van der Waals surface area contributed by atoms with Gasteiger partial charge in [0.05, 0.1) is 0 Å². The molecule has 1 N–H and O–H groups in total. The number of rotatable bonds is 6. The van der Waals surface area contributed by atoms with Gasteiger partial charge >= 0.3 is 0 Å². The maximum atomic E-state index is 3.57. The lowest BCUT2D eigenvalue weighted by Crippen LogP contribution is -2.27. The molecule has 2 atom stereocenters. The average molecular weight is 274 g/mol. The summed E-state index contributed by atoms with van der Waals surface area (Å²) in [5.41, 5.74) is 2.95. The highest BCUT2D eigenvalue weighted by atomic mass is 15.2. The minimum absolute atomic E-state index is 0.710. The Morgan fingerprint density at radius 1 is 1.20 bits per heavy atom. The van der Waals surface area contributed by atoms with E-state index >= 15 is 0 Å². The van der Waals surface area contributed by atoms with Crippen molar-refractivity contribution in [1.29, 1.82) is 0 Å². The van der Waals surface area contributed by atoms with E-state index in [4.69, 9.17) is 0 Å². The van der Waals surface area contributed by atoms with Gasteiger partial charge in [-0.2, -0.15) is 0 Å². The van der Waals surface area contributed by atoms with E-state index in [1.807, 2.05) is 0 Å². The predicted octanol–water partition coefficient (Wildman–Crippen LogP) is 3.66. The van der Waals surface area contributed by atoms with Crippen molar-refractivity contribution in [2.45, 2.75) is 53.2 Å². The van der Waals surface area contributed by atoms with Gasteiger partial charge in [0.2, 0.25) is 0 Å². The second-order valence-corrected chi connectivity index (χ2v) is 6.91. The Bertz CT molecular complexity index is 414. The van der Waals surface area contributed by atoms with Crippen molar-refractivity contribution in [2.75, 3.05) is 13.1 Å². The predicted molar refractivity (Wildman–Crippen MR) is 86.6 cm³/mol. The van der Waals surface area contributed by atoms with Crippen LogP contribution in [0.25, 0.3) is 0 Å². The van der Waals surface area contributed by atoms with E-state index in [0.717, 1.165) is 31.6 Å². The van der Waals surface area contributed by atoms with Crippen LogP contribution in [0.15, 0.2) is 24.3 Å². The molecular formula is C18H30N2. The summed E-state index contributed by atoms with van der Waals surface area (Å²) in [5.74, 6) is 1.55. The summed E-state index contributed by atoms with van der Waals surface area (Å²) in [7, 11) is 0. The van der Waals surface area contributed by atoms with Gasteiger partial charge < -0.3 is 5.32 Å². The molecule has 0 radical (unpaired) electrons. The molecule has 0 aromatic heterocycles. The normalized spacial score (nSPS) is 23.6. The molecule has 2 rings (SSSR count). The lowest BCUT2D eigenvalue weighted by Gasteiger charge is -2.23. The minimum Gasteiger partial charge on any atom is -0.312 e. The van der Waals surface area contributed by atoms with E-state index in [1.54, 1.807) is 0 Å². The highest BCUT2D eigenvalue weighted by molar-refractivity contribution is 5.27. The van der Waals surface area contributed by atoms with Gasteiger partial charge in [-0.1, -0.05) is 45.0 Å². The van der Waals surface area contributed by atoms with E-state index in [0.29, 0.717) is 5.92 Å². The molecule has 1 fully saturated rings. The van der Waals surface area contributed by atoms with Crippen LogP contribution < -0.4 is 5.32 Å². The van der Waals surface area contributed by atoms with Crippen molar-refractivity contribution >= 4 is 0 Å². The van der Waals surface area contributed by atoms with E-state index in [9.17, 15) is 0 Å². The Balaban J connectivity index is 1.97. The van der Waals surface area contributed by atoms with Crippen LogP contribution in [0.2, 0.25) is 0 Å². The lowest BCUT2D eigenvalue weighted by atomic mass is 10.1. The van der Waals surface area contributed by atoms with Crippen LogP contribution in [-0.4, -0.2) is 24.0 Å². The Morgan fingerprint density at radius 3 is 2.50 bits per heavy atom. The number of hydrogen-bond donors (Lipinski definition) is 1. The van der Waals surface area contributed by atoms with Gasteiger partial charge in [0.15, 0.2) is 0 Å². The Kier molecular flexibility index (Phi) is 5.62. The molecule has 2 heteroatoms. The lowest BCUT2D eigenvalue weighted by molar-refractivity contribution is 0.255. The van der Waals surface area contributed by atoms with Gasteiger partial charge in [0.1, 0.15) is 0 Å². The van der Waals surface area contributed by atoms with Crippen LogP contribution in [0.4, 0.5) is 0 Å². The molecule has 2 unspecified atom stereocenters. The van der Waals surface area contributed by atoms with E-state index in [1.165, 1.54) is 24.1 Å². The first kappa shape index (κ1) is 15.5. The molecular weight excluding hydrogens is 244 g/mol. The highest BCUT2D eigenvalue weighted by Gasteiger charge is 2.26. The molecule has 20 heavy (non-hydrogen) atoms. The van der Waals surface area contributed by atoms with Gasteiger partial charge in [-0.05, 0) is 42.9 Å². The Hall–Kier alpha value is -0.860. The molecule has 0 aliphatic carbocycles. The maximum absolute atomic E-state index is 3.57. The van der Waals surface area contributed by atoms with E-state index in [-0.39, 0.29) is 0 Å². The SMILES string of the molecule is CC(C)CNCc1ccccc1CN1CC(C)CC1C. The summed E-state index contributed by atoms with van der Waals surface area (Å²) in [6.45, 7) is 13.7. The number of hydrogen-bond acceptors (Lipinski definition) is 2. The molecule has 112 valence electrons. The third kappa shape index (κ3) is 4.32. The van der Waals surface area contributed by atoms with Crippen molar-refractivity contribution in [1.82, 2.24) is 10.2 Å². The summed E-state index contributed by atoms with van der Waals surface area (Å²) in [6.07, 6.45) is 1.34. The largest absolute Gasteiger partial charge is 0.312 e. The quantitative estimate of drug-likeness (QED) is 0.851. The van der Waals surface area contributed by atoms with Crippen LogP contribution in [0, 0.1) is 11.8 Å². The fourth-order valence-electron chi connectivity index (χ4n) is 3.21. The molecule has 1 saturated heterocycles. The zero-order chi connectivity index (χ0) is 14.5. The van der Waals surface area contributed by atoms with Crippen molar-refractivity contribution in [3.63, 3.8) is 0 Å². The van der Waals surface area contributed by atoms with Crippen LogP contribution in [0.1, 0.15) is 45.2 Å². The Labute approximate surface area is 124 Å². The van der Waals surface area contributed by atoms with Gasteiger partial charge in [0, 0.05) is 25.7 Å². The minimum atomic E-state index is 0.710. The van der Waals surface area contributed by atoms with Gasteiger partial charge in [-0.25, -0.2) is 0 Å². The van der Waals surface area contributed by atoms with Crippen molar-refractivity contribution in [3.8, 4) is 0 Å². The second-order valence-electron chi connectivity index (χ2n) is 6.91. The molecule has 0 bridgehead atoms. The van der Waals surface area contributed by atoms with Crippen molar-refractivity contribution in [3.05, 3.63) is 35.4 Å². The fraction of sp³-hybridized carbons (Fsp3) is 0.667. The van der Waals surface area contributed by atoms with Gasteiger partial charge in [0.25, 0.3) is 0 Å². The molecule has 1 aliphatic rings. The zero-order valence-electron chi connectivity index (χ0n) is 13.5. The highest BCUT2D eigenvalue weighted by Crippen LogP contribution is 2.25. The number of benzene rings is 1. The molecule has 1 heterocycles.